The lowest BCUT2D eigenvalue weighted by atomic mass is 9.92. The van der Waals surface area contributed by atoms with Crippen LogP contribution in [0.15, 0.2) is 17.6 Å². The summed E-state index contributed by atoms with van der Waals surface area (Å²) in [5, 5.41) is 8.66. The molecule has 0 saturated carbocycles. The number of nitrogens with zero attached hydrogens (tertiary/aromatic N) is 1. The highest BCUT2D eigenvalue weighted by Gasteiger charge is 2.25. The van der Waals surface area contributed by atoms with Gasteiger partial charge in [0.2, 0.25) is 5.91 Å². The molecule has 9 heteroatoms. The molecule has 7 nitrogen and oxygen atoms in total. The van der Waals surface area contributed by atoms with Crippen molar-refractivity contribution in [3.05, 3.63) is 23.3 Å². The third kappa shape index (κ3) is 4.59. The highest BCUT2D eigenvalue weighted by atomic mass is 35.5. The number of hydrogen-bond donors (Lipinski definition) is 3. The minimum absolute atomic E-state index is 0. The molecular weight excluding hydrogens is 364 g/mol. The van der Waals surface area contributed by atoms with Crippen LogP contribution in [0.25, 0.3) is 11.3 Å². The maximum atomic E-state index is 12.4. The van der Waals surface area contributed by atoms with Crippen LogP contribution in [-0.2, 0) is 9.53 Å². The normalized spacial score (nSPS) is 19.8. The molecule has 3 N–H and O–H groups in total. The summed E-state index contributed by atoms with van der Waals surface area (Å²) < 4.78 is 4.67. The summed E-state index contributed by atoms with van der Waals surface area (Å²) in [6.07, 6.45) is 3.38. The molecule has 3 heterocycles. The Bertz CT molecular complexity index is 745. The molecular formula is C16H21ClN4O3S. The lowest BCUT2D eigenvalue weighted by Gasteiger charge is -2.26. The number of ether oxygens (including phenoxy) is 1. The minimum Gasteiger partial charge on any atom is -0.464 e. The van der Waals surface area contributed by atoms with E-state index in [1.165, 1.54) is 18.4 Å². The van der Waals surface area contributed by atoms with Gasteiger partial charge in [0.15, 0.2) is 5.13 Å². The molecule has 136 valence electrons. The Kier molecular flexibility index (Phi) is 6.57. The molecule has 1 fully saturated rings. The fraction of sp³-hybridized carbons (Fsp3) is 0.438. The second-order valence-corrected chi connectivity index (χ2v) is 6.76. The monoisotopic (exact) mass is 384 g/mol. The number of halogens is 1. The first-order chi connectivity index (χ1) is 11.6. The molecule has 2 aromatic rings. The Labute approximate surface area is 156 Å². The first-order valence-corrected chi connectivity index (χ1v) is 8.71. The average Bonchev–Trinajstić information content (AvgIpc) is 3.23. The molecule has 2 aromatic heterocycles. The minimum atomic E-state index is -0.426. The molecule has 1 amide bonds. The van der Waals surface area contributed by atoms with E-state index < -0.39 is 5.97 Å². The number of esters is 1. The molecule has 3 rings (SSSR count). The van der Waals surface area contributed by atoms with Gasteiger partial charge in [0.1, 0.15) is 5.69 Å². The zero-order valence-corrected chi connectivity index (χ0v) is 15.6. The molecule has 0 radical (unpaired) electrons. The van der Waals surface area contributed by atoms with Crippen LogP contribution in [0.2, 0.25) is 0 Å². The summed E-state index contributed by atoms with van der Waals surface area (Å²) in [6.45, 7) is 2.95. The van der Waals surface area contributed by atoms with Crippen molar-refractivity contribution >= 4 is 40.8 Å². The zero-order chi connectivity index (χ0) is 17.1. The Morgan fingerprint density at radius 1 is 1.44 bits per heavy atom. The van der Waals surface area contributed by atoms with E-state index in [-0.39, 0.29) is 24.2 Å². The predicted molar refractivity (Wildman–Crippen MR) is 99.3 cm³/mol. The van der Waals surface area contributed by atoms with Gasteiger partial charge in [-0.15, -0.1) is 23.7 Å². The van der Waals surface area contributed by atoms with Crippen LogP contribution in [0.1, 0.15) is 30.3 Å². The van der Waals surface area contributed by atoms with Crippen LogP contribution in [0.4, 0.5) is 5.13 Å². The molecule has 2 atom stereocenters. The summed E-state index contributed by atoms with van der Waals surface area (Å²) in [5.41, 5.74) is 1.86. The molecule has 1 aliphatic heterocycles. The van der Waals surface area contributed by atoms with Crippen molar-refractivity contribution in [2.45, 2.75) is 25.8 Å². The van der Waals surface area contributed by atoms with E-state index in [2.05, 4.69) is 32.3 Å². The van der Waals surface area contributed by atoms with E-state index in [1.54, 1.807) is 12.3 Å². The number of piperidine rings is 1. The van der Waals surface area contributed by atoms with Gasteiger partial charge in [-0.2, -0.15) is 0 Å². The van der Waals surface area contributed by atoms with Gasteiger partial charge in [-0.1, -0.05) is 0 Å². The maximum absolute atomic E-state index is 12.4. The Balaban J connectivity index is 0.00000225. The van der Waals surface area contributed by atoms with Crippen molar-refractivity contribution in [2.24, 2.45) is 5.92 Å². The van der Waals surface area contributed by atoms with Crippen LogP contribution >= 0.6 is 23.7 Å². The van der Waals surface area contributed by atoms with Crippen LogP contribution in [0, 0.1) is 5.92 Å². The van der Waals surface area contributed by atoms with Crippen LogP contribution in [0.5, 0.6) is 0 Å². The standard InChI is InChI=1S/C16H20N4O3S.ClH/c1-9-5-10(3-4-17-9)14(21)20-16-19-13(8-24-16)11-6-12(18-7-11)15(22)23-2;/h6-10,17-18H,3-5H2,1-2H3,(H,19,20,21);1H/t9-,10-;/m0./s1. The lowest BCUT2D eigenvalue weighted by molar-refractivity contribution is -0.120. The number of H-pyrrole nitrogens is 1. The number of aromatic amines is 1. The number of nitrogens with one attached hydrogen (secondary N) is 3. The smallest absolute Gasteiger partial charge is 0.354 e. The van der Waals surface area contributed by atoms with E-state index in [1.807, 2.05) is 5.38 Å². The molecule has 1 saturated heterocycles. The van der Waals surface area contributed by atoms with Crippen molar-refractivity contribution in [2.75, 3.05) is 19.0 Å². The molecule has 0 aliphatic carbocycles. The summed E-state index contributed by atoms with van der Waals surface area (Å²) >= 11 is 1.37. The summed E-state index contributed by atoms with van der Waals surface area (Å²) in [4.78, 5) is 31.1. The molecule has 0 bridgehead atoms. The SMILES string of the molecule is COC(=O)c1cc(-c2csc(NC(=O)[C@H]3CCN[C@@H](C)C3)n2)c[nH]1.Cl. The summed E-state index contributed by atoms with van der Waals surface area (Å²) in [6, 6.07) is 2.04. The number of amides is 1. The van der Waals surface area contributed by atoms with Gasteiger partial charge in [0.25, 0.3) is 0 Å². The Morgan fingerprint density at radius 3 is 2.96 bits per heavy atom. The fourth-order valence-corrected chi connectivity index (χ4v) is 3.53. The van der Waals surface area contributed by atoms with Crippen LogP contribution in [0.3, 0.4) is 0 Å². The number of methoxy groups -OCH3 is 1. The third-order valence-electron chi connectivity index (χ3n) is 4.11. The predicted octanol–water partition coefficient (Wildman–Crippen LogP) is 2.67. The molecule has 0 aromatic carbocycles. The van der Waals surface area contributed by atoms with Crippen molar-refractivity contribution < 1.29 is 14.3 Å². The van der Waals surface area contributed by atoms with Gasteiger partial charge in [-0.3, -0.25) is 4.79 Å². The number of thiazole rings is 1. The Hall–Kier alpha value is -1.90. The van der Waals surface area contributed by atoms with Crippen LogP contribution < -0.4 is 10.6 Å². The summed E-state index contributed by atoms with van der Waals surface area (Å²) in [5.74, 6) is -0.384. The van der Waals surface area contributed by atoms with Gasteiger partial charge < -0.3 is 20.4 Å². The first-order valence-electron chi connectivity index (χ1n) is 7.83. The molecule has 25 heavy (non-hydrogen) atoms. The van der Waals surface area contributed by atoms with E-state index in [0.29, 0.717) is 22.6 Å². The highest BCUT2D eigenvalue weighted by Crippen LogP contribution is 2.27. The molecule has 0 spiro atoms. The average molecular weight is 385 g/mol. The van der Waals surface area contributed by atoms with E-state index >= 15 is 0 Å². The van der Waals surface area contributed by atoms with Crippen LogP contribution in [-0.4, -0.2) is 41.5 Å². The van der Waals surface area contributed by atoms with E-state index in [0.717, 1.165) is 24.9 Å². The van der Waals surface area contributed by atoms with Crippen molar-refractivity contribution in [3.63, 3.8) is 0 Å². The van der Waals surface area contributed by atoms with Crippen molar-refractivity contribution in [1.82, 2.24) is 15.3 Å². The van der Waals surface area contributed by atoms with Gasteiger partial charge in [0, 0.05) is 29.1 Å². The second kappa shape index (κ2) is 8.46. The highest BCUT2D eigenvalue weighted by molar-refractivity contribution is 7.14. The first kappa shape index (κ1) is 19.4. The fourth-order valence-electron chi connectivity index (χ4n) is 2.81. The molecule has 0 unspecified atom stereocenters. The van der Waals surface area contributed by atoms with Gasteiger partial charge in [-0.25, -0.2) is 9.78 Å². The second-order valence-electron chi connectivity index (χ2n) is 5.90. The number of aromatic nitrogens is 2. The number of anilines is 1. The van der Waals surface area contributed by atoms with E-state index in [9.17, 15) is 9.59 Å². The molecule has 1 aliphatic rings. The van der Waals surface area contributed by atoms with E-state index in [4.69, 9.17) is 0 Å². The third-order valence-corrected chi connectivity index (χ3v) is 4.87. The van der Waals surface area contributed by atoms with Gasteiger partial charge in [0.05, 0.1) is 12.8 Å². The number of carbonyl (C=O) groups excluding carboxylic acids is 2. The Morgan fingerprint density at radius 2 is 2.24 bits per heavy atom. The van der Waals surface area contributed by atoms with Gasteiger partial charge in [-0.05, 0) is 32.4 Å². The largest absolute Gasteiger partial charge is 0.464 e. The quantitative estimate of drug-likeness (QED) is 0.704. The van der Waals surface area contributed by atoms with Crippen molar-refractivity contribution in [1.29, 1.82) is 0 Å². The topological polar surface area (TPSA) is 96.1 Å². The summed E-state index contributed by atoms with van der Waals surface area (Å²) in [7, 11) is 1.33. The number of carbonyl (C=O) groups is 2. The number of hydrogen-bond acceptors (Lipinski definition) is 6. The lowest BCUT2D eigenvalue weighted by Crippen LogP contribution is -2.40. The zero-order valence-electron chi connectivity index (χ0n) is 14.0. The van der Waals surface area contributed by atoms with Gasteiger partial charge >= 0.3 is 5.97 Å². The number of rotatable bonds is 4. The van der Waals surface area contributed by atoms with Crippen molar-refractivity contribution in [3.8, 4) is 11.3 Å². The maximum Gasteiger partial charge on any atom is 0.354 e.